The predicted molar refractivity (Wildman–Crippen MR) is 40.5 cm³/mol. The standard InChI is InChI=1S/C9H12O3/c1-5-9-6(2-3-11-9)4-7(9)8(10)12-5/h5-7H,2-4H2,1H3/t5-,6+,7-,9+/m0/s1. The fourth-order valence-corrected chi connectivity index (χ4v) is 3.08. The van der Waals surface area contributed by atoms with Gasteiger partial charge in [0.2, 0.25) is 0 Å². The minimum absolute atomic E-state index is 0.0174. The van der Waals surface area contributed by atoms with E-state index in [9.17, 15) is 4.79 Å². The second-order valence-corrected chi connectivity index (χ2v) is 4.06. The number of ether oxygens (including phenoxy) is 2. The van der Waals surface area contributed by atoms with Crippen molar-refractivity contribution in [3.8, 4) is 0 Å². The highest BCUT2D eigenvalue weighted by Crippen LogP contribution is 2.59. The van der Waals surface area contributed by atoms with Crippen molar-refractivity contribution in [3.63, 3.8) is 0 Å². The van der Waals surface area contributed by atoms with Gasteiger partial charge >= 0.3 is 5.97 Å². The number of rotatable bonds is 0. The molecule has 3 aliphatic rings. The molecule has 2 saturated heterocycles. The van der Waals surface area contributed by atoms with Crippen molar-refractivity contribution in [2.24, 2.45) is 11.8 Å². The van der Waals surface area contributed by atoms with E-state index in [1.54, 1.807) is 0 Å². The van der Waals surface area contributed by atoms with Crippen LogP contribution in [-0.4, -0.2) is 24.3 Å². The third-order valence-electron chi connectivity index (χ3n) is 3.73. The molecule has 3 nitrogen and oxygen atoms in total. The Morgan fingerprint density at radius 1 is 1.58 bits per heavy atom. The number of cyclic esters (lactones) is 1. The van der Waals surface area contributed by atoms with Crippen LogP contribution >= 0.6 is 0 Å². The van der Waals surface area contributed by atoms with Crippen LogP contribution in [0.2, 0.25) is 0 Å². The molecule has 3 rings (SSSR count). The molecular formula is C9H12O3. The lowest BCUT2D eigenvalue weighted by molar-refractivity contribution is -0.147. The molecule has 1 spiro atoms. The minimum atomic E-state index is -0.197. The van der Waals surface area contributed by atoms with Crippen LogP contribution in [0, 0.1) is 11.8 Å². The first-order valence-electron chi connectivity index (χ1n) is 4.59. The lowest BCUT2D eigenvalue weighted by Crippen LogP contribution is -2.56. The van der Waals surface area contributed by atoms with Crippen molar-refractivity contribution in [2.45, 2.75) is 31.5 Å². The molecule has 0 aromatic heterocycles. The lowest BCUT2D eigenvalue weighted by atomic mass is 9.60. The largest absolute Gasteiger partial charge is 0.459 e. The first-order valence-corrected chi connectivity index (χ1v) is 4.59. The highest BCUT2D eigenvalue weighted by molar-refractivity contribution is 5.79. The quantitative estimate of drug-likeness (QED) is 0.500. The molecule has 0 bridgehead atoms. The second-order valence-electron chi connectivity index (χ2n) is 4.06. The van der Waals surface area contributed by atoms with Crippen LogP contribution in [0.4, 0.5) is 0 Å². The molecule has 1 aliphatic carbocycles. The van der Waals surface area contributed by atoms with Crippen molar-refractivity contribution in [1.29, 1.82) is 0 Å². The zero-order chi connectivity index (χ0) is 8.34. The van der Waals surface area contributed by atoms with Gasteiger partial charge < -0.3 is 9.47 Å². The van der Waals surface area contributed by atoms with E-state index < -0.39 is 0 Å². The molecule has 12 heavy (non-hydrogen) atoms. The van der Waals surface area contributed by atoms with Gasteiger partial charge in [-0.15, -0.1) is 0 Å². The van der Waals surface area contributed by atoms with Crippen LogP contribution < -0.4 is 0 Å². The average molecular weight is 168 g/mol. The SMILES string of the molecule is C[C@@H]1OC(=O)[C@@H]2C[C@H]3CCO[C@@]312. The first-order chi connectivity index (χ1) is 5.75. The maximum atomic E-state index is 11.3. The molecule has 4 atom stereocenters. The van der Waals surface area contributed by atoms with E-state index >= 15 is 0 Å². The van der Waals surface area contributed by atoms with Gasteiger partial charge in [0.25, 0.3) is 0 Å². The summed E-state index contributed by atoms with van der Waals surface area (Å²) in [5.41, 5.74) is -0.197. The zero-order valence-corrected chi connectivity index (χ0v) is 7.08. The third-order valence-corrected chi connectivity index (χ3v) is 3.73. The summed E-state index contributed by atoms with van der Waals surface area (Å²) < 4.78 is 10.9. The van der Waals surface area contributed by atoms with Crippen molar-refractivity contribution >= 4 is 5.97 Å². The molecule has 0 aromatic carbocycles. The molecule has 66 valence electrons. The summed E-state index contributed by atoms with van der Waals surface area (Å²) in [5, 5.41) is 0. The molecular weight excluding hydrogens is 156 g/mol. The Kier molecular flexibility index (Phi) is 1.06. The summed E-state index contributed by atoms with van der Waals surface area (Å²) in [6.07, 6.45) is 2.08. The van der Waals surface area contributed by atoms with Crippen molar-refractivity contribution in [2.75, 3.05) is 6.61 Å². The number of esters is 1. The number of carbonyl (C=O) groups is 1. The molecule has 0 aromatic rings. The molecule has 0 amide bonds. The van der Waals surface area contributed by atoms with E-state index in [0.717, 1.165) is 19.4 Å². The van der Waals surface area contributed by atoms with Gasteiger partial charge in [0, 0.05) is 6.61 Å². The van der Waals surface area contributed by atoms with Crippen molar-refractivity contribution in [3.05, 3.63) is 0 Å². The van der Waals surface area contributed by atoms with E-state index in [4.69, 9.17) is 9.47 Å². The fraction of sp³-hybridized carbons (Fsp3) is 0.889. The third kappa shape index (κ3) is 0.505. The van der Waals surface area contributed by atoms with Gasteiger partial charge in [0.1, 0.15) is 11.7 Å². The molecule has 0 radical (unpaired) electrons. The summed E-state index contributed by atoms with van der Waals surface area (Å²) >= 11 is 0. The molecule has 0 unspecified atom stereocenters. The molecule has 0 N–H and O–H groups in total. The number of hydrogen-bond acceptors (Lipinski definition) is 3. The fourth-order valence-electron chi connectivity index (χ4n) is 3.08. The smallest absolute Gasteiger partial charge is 0.312 e. The maximum Gasteiger partial charge on any atom is 0.312 e. The Morgan fingerprint density at radius 3 is 3.08 bits per heavy atom. The Morgan fingerprint density at radius 2 is 2.42 bits per heavy atom. The van der Waals surface area contributed by atoms with Crippen LogP contribution in [0.5, 0.6) is 0 Å². The normalized spacial score (nSPS) is 55.8. The Bertz CT molecular complexity index is 250. The predicted octanol–water partition coefficient (Wildman–Crippen LogP) is 0.727. The van der Waals surface area contributed by atoms with Gasteiger partial charge in [-0.2, -0.15) is 0 Å². The number of hydrogen-bond donors (Lipinski definition) is 0. The molecule has 1 saturated carbocycles. The van der Waals surface area contributed by atoms with Gasteiger partial charge in [0.05, 0.1) is 5.92 Å². The monoisotopic (exact) mass is 168 g/mol. The van der Waals surface area contributed by atoms with Gasteiger partial charge in [-0.05, 0) is 25.7 Å². The zero-order valence-electron chi connectivity index (χ0n) is 7.08. The Hall–Kier alpha value is -0.570. The van der Waals surface area contributed by atoms with Gasteiger partial charge in [-0.1, -0.05) is 0 Å². The van der Waals surface area contributed by atoms with Crippen molar-refractivity contribution in [1.82, 2.24) is 0 Å². The van der Waals surface area contributed by atoms with Crippen LogP contribution in [0.25, 0.3) is 0 Å². The summed E-state index contributed by atoms with van der Waals surface area (Å²) in [5.74, 6) is 0.601. The van der Waals surface area contributed by atoms with E-state index in [1.165, 1.54) is 0 Å². The molecule has 3 fully saturated rings. The Labute approximate surface area is 71.0 Å². The number of carbonyl (C=O) groups excluding carboxylic acids is 1. The van der Waals surface area contributed by atoms with Crippen LogP contribution in [-0.2, 0) is 14.3 Å². The molecule has 2 heterocycles. The summed E-state index contributed by atoms with van der Waals surface area (Å²) in [4.78, 5) is 11.3. The average Bonchev–Trinajstić information content (AvgIpc) is 2.37. The van der Waals surface area contributed by atoms with E-state index in [1.807, 2.05) is 6.92 Å². The molecule has 3 heteroatoms. The van der Waals surface area contributed by atoms with E-state index in [0.29, 0.717) is 5.92 Å². The van der Waals surface area contributed by atoms with Crippen LogP contribution in [0.15, 0.2) is 0 Å². The van der Waals surface area contributed by atoms with E-state index in [2.05, 4.69) is 0 Å². The topological polar surface area (TPSA) is 35.5 Å². The first kappa shape index (κ1) is 6.89. The Balaban J connectivity index is 2.01. The van der Waals surface area contributed by atoms with Crippen molar-refractivity contribution < 1.29 is 14.3 Å². The van der Waals surface area contributed by atoms with Gasteiger partial charge in [-0.3, -0.25) is 4.79 Å². The van der Waals surface area contributed by atoms with Gasteiger partial charge in [-0.25, -0.2) is 0 Å². The summed E-state index contributed by atoms with van der Waals surface area (Å²) in [7, 11) is 0. The van der Waals surface area contributed by atoms with E-state index in [-0.39, 0.29) is 23.6 Å². The second kappa shape index (κ2) is 1.84. The maximum absolute atomic E-state index is 11.3. The highest BCUT2D eigenvalue weighted by atomic mass is 16.6. The van der Waals surface area contributed by atoms with Gasteiger partial charge in [0.15, 0.2) is 0 Å². The summed E-state index contributed by atoms with van der Waals surface area (Å²) in [6, 6.07) is 0. The lowest BCUT2D eigenvalue weighted by Gasteiger charge is -2.45. The molecule has 2 aliphatic heterocycles. The van der Waals surface area contributed by atoms with Crippen LogP contribution in [0.3, 0.4) is 0 Å². The van der Waals surface area contributed by atoms with Crippen LogP contribution in [0.1, 0.15) is 19.8 Å². The summed E-state index contributed by atoms with van der Waals surface area (Å²) in [6.45, 7) is 2.76. The minimum Gasteiger partial charge on any atom is -0.459 e. The highest BCUT2D eigenvalue weighted by Gasteiger charge is 2.70.